The predicted octanol–water partition coefficient (Wildman–Crippen LogP) is 2.14. The van der Waals surface area contributed by atoms with Gasteiger partial charge in [-0.3, -0.25) is 0 Å². The number of benzene rings is 1. The summed E-state index contributed by atoms with van der Waals surface area (Å²) >= 11 is 0. The first-order chi connectivity index (χ1) is 9.87. The van der Waals surface area contributed by atoms with Crippen LogP contribution in [0.15, 0.2) is 29.2 Å². The Morgan fingerprint density at radius 3 is 2.19 bits per heavy atom. The lowest BCUT2D eigenvalue weighted by Gasteiger charge is -2.27. The van der Waals surface area contributed by atoms with Crippen LogP contribution in [0.1, 0.15) is 33.6 Å². The van der Waals surface area contributed by atoms with E-state index in [0.29, 0.717) is 12.4 Å². The second-order valence-electron chi connectivity index (χ2n) is 5.30. The van der Waals surface area contributed by atoms with E-state index in [4.69, 9.17) is 4.74 Å². The maximum atomic E-state index is 12.4. The SMILES string of the molecule is CCC(C)(CC)NS(=O)(=O)c1ccc(OCCNC)cc1. The maximum absolute atomic E-state index is 12.4. The van der Waals surface area contributed by atoms with E-state index in [0.717, 1.165) is 19.4 Å². The normalized spacial score (nSPS) is 12.4. The van der Waals surface area contributed by atoms with Gasteiger partial charge >= 0.3 is 0 Å². The molecular weight excluding hydrogens is 288 g/mol. The summed E-state index contributed by atoms with van der Waals surface area (Å²) in [6, 6.07) is 6.50. The van der Waals surface area contributed by atoms with Gasteiger partial charge in [-0.25, -0.2) is 13.1 Å². The van der Waals surface area contributed by atoms with E-state index in [1.54, 1.807) is 24.3 Å². The molecule has 0 amide bonds. The van der Waals surface area contributed by atoms with E-state index < -0.39 is 15.6 Å². The zero-order valence-electron chi connectivity index (χ0n) is 13.3. The Bertz CT molecular complexity index is 522. The van der Waals surface area contributed by atoms with Crippen molar-refractivity contribution >= 4 is 10.0 Å². The Morgan fingerprint density at radius 1 is 1.14 bits per heavy atom. The van der Waals surface area contributed by atoms with Crippen molar-refractivity contribution in [3.63, 3.8) is 0 Å². The van der Waals surface area contributed by atoms with Crippen molar-refractivity contribution in [3.05, 3.63) is 24.3 Å². The van der Waals surface area contributed by atoms with Crippen LogP contribution in [0.4, 0.5) is 0 Å². The van der Waals surface area contributed by atoms with E-state index in [9.17, 15) is 8.42 Å². The molecule has 0 saturated heterocycles. The highest BCUT2D eigenvalue weighted by atomic mass is 32.2. The monoisotopic (exact) mass is 314 g/mol. The van der Waals surface area contributed by atoms with E-state index in [1.807, 2.05) is 27.8 Å². The lowest BCUT2D eigenvalue weighted by Crippen LogP contribution is -2.44. The second kappa shape index (κ2) is 7.77. The first-order valence-corrected chi connectivity index (χ1v) is 8.76. The summed E-state index contributed by atoms with van der Waals surface area (Å²) in [5.41, 5.74) is -0.416. The molecule has 1 rings (SSSR count). The molecule has 0 unspecified atom stereocenters. The molecule has 0 saturated carbocycles. The van der Waals surface area contributed by atoms with Gasteiger partial charge in [0.05, 0.1) is 4.90 Å². The molecule has 2 N–H and O–H groups in total. The molecule has 0 fully saturated rings. The topological polar surface area (TPSA) is 67.4 Å². The lowest BCUT2D eigenvalue weighted by atomic mass is 9.98. The molecule has 0 radical (unpaired) electrons. The summed E-state index contributed by atoms with van der Waals surface area (Å²) in [7, 11) is -1.65. The van der Waals surface area contributed by atoms with Gasteiger partial charge in [0.25, 0.3) is 0 Å². The van der Waals surface area contributed by atoms with Gasteiger partial charge in [-0.15, -0.1) is 0 Å². The van der Waals surface area contributed by atoms with Crippen molar-refractivity contribution in [2.45, 2.75) is 44.0 Å². The Hall–Kier alpha value is -1.11. The fraction of sp³-hybridized carbons (Fsp3) is 0.600. The minimum Gasteiger partial charge on any atom is -0.492 e. The van der Waals surface area contributed by atoms with Crippen LogP contribution in [0.3, 0.4) is 0 Å². The molecule has 1 aromatic rings. The van der Waals surface area contributed by atoms with Gasteiger partial charge in [-0.2, -0.15) is 0 Å². The first-order valence-electron chi connectivity index (χ1n) is 7.28. The number of hydrogen-bond acceptors (Lipinski definition) is 4. The number of sulfonamides is 1. The number of nitrogens with one attached hydrogen (secondary N) is 2. The summed E-state index contributed by atoms with van der Waals surface area (Å²) in [5.74, 6) is 0.665. The Morgan fingerprint density at radius 2 is 1.71 bits per heavy atom. The first kappa shape index (κ1) is 17.9. The zero-order chi connectivity index (χ0) is 15.9. The molecule has 0 aliphatic carbocycles. The summed E-state index contributed by atoms with van der Waals surface area (Å²) in [6.45, 7) is 7.16. The zero-order valence-corrected chi connectivity index (χ0v) is 14.1. The number of ether oxygens (including phenoxy) is 1. The number of likely N-dealkylation sites (N-methyl/N-ethyl adjacent to an activating group) is 1. The molecule has 0 atom stereocenters. The lowest BCUT2D eigenvalue weighted by molar-refractivity contribution is 0.318. The van der Waals surface area contributed by atoms with Crippen molar-refractivity contribution in [3.8, 4) is 5.75 Å². The van der Waals surface area contributed by atoms with Crippen molar-refractivity contribution in [2.24, 2.45) is 0 Å². The van der Waals surface area contributed by atoms with Gasteiger partial charge in [0.1, 0.15) is 12.4 Å². The molecule has 0 aliphatic rings. The van der Waals surface area contributed by atoms with Gasteiger partial charge in [-0.1, -0.05) is 13.8 Å². The smallest absolute Gasteiger partial charge is 0.241 e. The molecule has 0 heterocycles. The Kier molecular flexibility index (Phi) is 6.64. The summed E-state index contributed by atoms with van der Waals surface area (Å²) in [4.78, 5) is 0.261. The van der Waals surface area contributed by atoms with Crippen LogP contribution in [0.25, 0.3) is 0 Å². The molecule has 0 aliphatic heterocycles. The fourth-order valence-corrected chi connectivity index (χ4v) is 3.31. The van der Waals surface area contributed by atoms with E-state index in [-0.39, 0.29) is 4.90 Å². The van der Waals surface area contributed by atoms with E-state index in [1.165, 1.54) is 0 Å². The average molecular weight is 314 g/mol. The number of hydrogen-bond donors (Lipinski definition) is 2. The van der Waals surface area contributed by atoms with Crippen LogP contribution in [-0.4, -0.2) is 34.2 Å². The third-order valence-corrected chi connectivity index (χ3v) is 5.35. The molecule has 6 heteroatoms. The van der Waals surface area contributed by atoms with Crippen LogP contribution in [0.2, 0.25) is 0 Å². The van der Waals surface area contributed by atoms with Crippen LogP contribution >= 0.6 is 0 Å². The van der Waals surface area contributed by atoms with Crippen LogP contribution in [0.5, 0.6) is 5.75 Å². The highest BCUT2D eigenvalue weighted by molar-refractivity contribution is 7.89. The van der Waals surface area contributed by atoms with Crippen molar-refractivity contribution in [1.82, 2.24) is 10.0 Å². The van der Waals surface area contributed by atoms with Crippen molar-refractivity contribution < 1.29 is 13.2 Å². The molecule has 21 heavy (non-hydrogen) atoms. The van der Waals surface area contributed by atoms with Crippen molar-refractivity contribution in [2.75, 3.05) is 20.2 Å². The molecule has 0 spiro atoms. The largest absolute Gasteiger partial charge is 0.492 e. The van der Waals surface area contributed by atoms with Gasteiger partial charge in [-0.05, 0) is 51.1 Å². The van der Waals surface area contributed by atoms with Crippen molar-refractivity contribution in [1.29, 1.82) is 0 Å². The molecule has 120 valence electrons. The van der Waals surface area contributed by atoms with Gasteiger partial charge in [0.2, 0.25) is 10.0 Å². The summed E-state index contributed by atoms with van der Waals surface area (Å²) in [5, 5.41) is 2.98. The molecule has 5 nitrogen and oxygen atoms in total. The average Bonchev–Trinajstić information content (AvgIpc) is 2.47. The molecule has 0 aromatic heterocycles. The Labute approximate surface area is 128 Å². The molecular formula is C15H26N2O3S. The highest BCUT2D eigenvalue weighted by Crippen LogP contribution is 2.20. The van der Waals surface area contributed by atoms with Gasteiger partial charge in [0.15, 0.2) is 0 Å². The molecule has 0 bridgehead atoms. The van der Waals surface area contributed by atoms with Gasteiger partial charge < -0.3 is 10.1 Å². The maximum Gasteiger partial charge on any atom is 0.241 e. The fourth-order valence-electron chi connectivity index (χ4n) is 1.76. The Balaban J connectivity index is 2.80. The second-order valence-corrected chi connectivity index (χ2v) is 6.98. The minimum atomic E-state index is -3.50. The highest BCUT2D eigenvalue weighted by Gasteiger charge is 2.27. The van der Waals surface area contributed by atoms with E-state index >= 15 is 0 Å². The standard InChI is InChI=1S/C15H26N2O3S/c1-5-15(3,6-2)17-21(18,19)14-9-7-13(8-10-14)20-12-11-16-4/h7-10,16-17H,5-6,11-12H2,1-4H3. The minimum absolute atomic E-state index is 0.261. The third-order valence-electron chi connectivity index (χ3n) is 3.70. The molecule has 1 aromatic carbocycles. The quantitative estimate of drug-likeness (QED) is 0.685. The van der Waals surface area contributed by atoms with Gasteiger partial charge in [0, 0.05) is 12.1 Å². The predicted molar refractivity (Wildman–Crippen MR) is 85.2 cm³/mol. The summed E-state index contributed by atoms with van der Waals surface area (Å²) in [6.07, 6.45) is 1.49. The van der Waals surface area contributed by atoms with Crippen LogP contribution < -0.4 is 14.8 Å². The van der Waals surface area contributed by atoms with Crippen LogP contribution in [0, 0.1) is 0 Å². The van der Waals surface area contributed by atoms with Crippen LogP contribution in [-0.2, 0) is 10.0 Å². The summed E-state index contributed by atoms with van der Waals surface area (Å²) < 4.78 is 33.0. The third kappa shape index (κ3) is 5.30. The van der Waals surface area contributed by atoms with E-state index in [2.05, 4.69) is 10.0 Å². The number of rotatable bonds is 9.